The minimum Gasteiger partial charge on any atom is -0.481 e. The highest BCUT2D eigenvalue weighted by Crippen LogP contribution is 2.28. The van der Waals surface area contributed by atoms with Crippen molar-refractivity contribution in [3.63, 3.8) is 0 Å². The van der Waals surface area contributed by atoms with E-state index in [9.17, 15) is 19.5 Å². The summed E-state index contributed by atoms with van der Waals surface area (Å²) in [6.07, 6.45) is 1.81. The van der Waals surface area contributed by atoms with Crippen molar-refractivity contribution in [3.05, 3.63) is 93.9 Å². The van der Waals surface area contributed by atoms with Crippen molar-refractivity contribution in [1.29, 1.82) is 0 Å². The van der Waals surface area contributed by atoms with Gasteiger partial charge in [-0.05, 0) is 60.6 Å². The Balaban J connectivity index is 1.97. The van der Waals surface area contributed by atoms with Gasteiger partial charge in [-0.1, -0.05) is 62.4 Å². The number of nitrogens with zero attached hydrogens (tertiary/aromatic N) is 1. The van der Waals surface area contributed by atoms with Crippen molar-refractivity contribution in [2.24, 2.45) is 5.92 Å². The van der Waals surface area contributed by atoms with Crippen LogP contribution in [0.4, 0.5) is 0 Å². The van der Waals surface area contributed by atoms with E-state index in [-0.39, 0.29) is 23.8 Å². The summed E-state index contributed by atoms with van der Waals surface area (Å²) >= 11 is 0. The Morgan fingerprint density at radius 3 is 2.35 bits per heavy atom. The number of carboxylic acids is 1. The maximum Gasteiger partial charge on any atom is 0.305 e. The number of nitrogens with one attached hydrogen (secondary N) is 1. The van der Waals surface area contributed by atoms with E-state index in [4.69, 9.17) is 0 Å². The highest BCUT2D eigenvalue weighted by molar-refractivity contribution is 5.82. The van der Waals surface area contributed by atoms with E-state index in [2.05, 4.69) is 5.32 Å². The number of aryl methyl sites for hydroxylation is 2. The van der Waals surface area contributed by atoms with Gasteiger partial charge in [-0.25, -0.2) is 0 Å². The van der Waals surface area contributed by atoms with Crippen LogP contribution in [0, 0.1) is 19.8 Å². The lowest BCUT2D eigenvalue weighted by Gasteiger charge is -2.25. The Morgan fingerprint density at radius 1 is 0.971 bits per heavy atom. The zero-order chi connectivity index (χ0) is 24.8. The molecule has 0 aliphatic heterocycles. The van der Waals surface area contributed by atoms with Crippen LogP contribution in [0.5, 0.6) is 0 Å². The van der Waals surface area contributed by atoms with Crippen molar-refractivity contribution >= 4 is 11.9 Å². The number of pyridine rings is 1. The minimum absolute atomic E-state index is 0.158. The Morgan fingerprint density at radius 2 is 1.68 bits per heavy atom. The van der Waals surface area contributed by atoms with Gasteiger partial charge in [0.15, 0.2) is 0 Å². The summed E-state index contributed by atoms with van der Waals surface area (Å²) in [7, 11) is 0. The predicted molar refractivity (Wildman–Crippen MR) is 134 cm³/mol. The van der Waals surface area contributed by atoms with Crippen molar-refractivity contribution < 1.29 is 14.7 Å². The molecule has 0 radical (unpaired) electrons. The smallest absolute Gasteiger partial charge is 0.305 e. The molecule has 1 amide bonds. The van der Waals surface area contributed by atoms with Crippen LogP contribution in [0.15, 0.2) is 71.7 Å². The van der Waals surface area contributed by atoms with E-state index < -0.39 is 18.1 Å². The lowest BCUT2D eigenvalue weighted by molar-refractivity contribution is -0.138. The third-order valence-corrected chi connectivity index (χ3v) is 5.94. The third kappa shape index (κ3) is 6.01. The van der Waals surface area contributed by atoms with Crippen LogP contribution in [0.2, 0.25) is 0 Å². The molecular weight excluding hydrogens is 428 g/mol. The number of hydrogen-bond donors (Lipinski definition) is 2. The molecular formula is C28H32N2O4. The Bertz CT molecular complexity index is 1230. The monoisotopic (exact) mass is 460 g/mol. The molecule has 178 valence electrons. The number of benzene rings is 2. The van der Waals surface area contributed by atoms with E-state index in [0.717, 1.165) is 16.7 Å². The van der Waals surface area contributed by atoms with Gasteiger partial charge in [0.2, 0.25) is 5.91 Å². The van der Waals surface area contributed by atoms with Crippen LogP contribution in [-0.2, 0) is 9.59 Å². The fourth-order valence-electron chi connectivity index (χ4n) is 4.18. The fraction of sp³-hybridized carbons (Fsp3) is 0.321. The number of amides is 1. The normalized spacial score (nSPS) is 12.9. The summed E-state index contributed by atoms with van der Waals surface area (Å²) in [6, 6.07) is 17.6. The molecule has 1 aromatic heterocycles. The van der Waals surface area contributed by atoms with Gasteiger partial charge in [-0.3, -0.25) is 14.4 Å². The average Bonchev–Trinajstić information content (AvgIpc) is 2.79. The molecule has 1 heterocycles. The van der Waals surface area contributed by atoms with Gasteiger partial charge in [-0.15, -0.1) is 0 Å². The lowest BCUT2D eigenvalue weighted by atomic mass is 9.95. The quantitative estimate of drug-likeness (QED) is 0.468. The van der Waals surface area contributed by atoms with E-state index in [1.54, 1.807) is 25.3 Å². The number of rotatable bonds is 9. The first-order valence-electron chi connectivity index (χ1n) is 11.5. The minimum atomic E-state index is -1.01. The Kier molecular flexibility index (Phi) is 8.05. The average molecular weight is 461 g/mol. The maximum atomic E-state index is 13.5. The molecule has 34 heavy (non-hydrogen) atoms. The largest absolute Gasteiger partial charge is 0.481 e. The van der Waals surface area contributed by atoms with E-state index in [1.807, 2.05) is 69.3 Å². The highest BCUT2D eigenvalue weighted by atomic mass is 16.4. The van der Waals surface area contributed by atoms with Crippen LogP contribution in [-0.4, -0.2) is 21.6 Å². The van der Waals surface area contributed by atoms with E-state index >= 15 is 0 Å². The molecule has 6 nitrogen and oxygen atoms in total. The molecule has 2 aromatic carbocycles. The number of hydrogen-bond acceptors (Lipinski definition) is 3. The van der Waals surface area contributed by atoms with Crippen LogP contribution in [0.3, 0.4) is 0 Å². The molecule has 0 saturated heterocycles. The zero-order valence-electron chi connectivity index (χ0n) is 20.1. The summed E-state index contributed by atoms with van der Waals surface area (Å²) in [5.74, 6) is -1.22. The molecule has 0 unspecified atom stereocenters. The summed E-state index contributed by atoms with van der Waals surface area (Å²) < 4.78 is 1.45. The number of carboxylic acid groups (broad SMARTS) is 1. The van der Waals surface area contributed by atoms with Gasteiger partial charge in [0, 0.05) is 11.8 Å². The second-order valence-electron chi connectivity index (χ2n) is 9.15. The fourth-order valence-corrected chi connectivity index (χ4v) is 4.18. The van der Waals surface area contributed by atoms with Gasteiger partial charge < -0.3 is 15.0 Å². The van der Waals surface area contributed by atoms with Crippen molar-refractivity contribution in [2.75, 3.05) is 0 Å². The first kappa shape index (κ1) is 25.0. The lowest BCUT2D eigenvalue weighted by Crippen LogP contribution is -2.40. The first-order valence-corrected chi connectivity index (χ1v) is 11.5. The van der Waals surface area contributed by atoms with Crippen LogP contribution in [0.25, 0.3) is 11.1 Å². The van der Waals surface area contributed by atoms with Crippen molar-refractivity contribution in [1.82, 2.24) is 9.88 Å². The first-order chi connectivity index (χ1) is 16.2. The van der Waals surface area contributed by atoms with Crippen LogP contribution in [0.1, 0.15) is 55.5 Å². The maximum absolute atomic E-state index is 13.5. The molecule has 0 fully saturated rings. The topological polar surface area (TPSA) is 88.4 Å². The highest BCUT2D eigenvalue weighted by Gasteiger charge is 2.27. The molecule has 0 aliphatic rings. The zero-order valence-corrected chi connectivity index (χ0v) is 20.1. The molecule has 6 heteroatoms. The number of aromatic nitrogens is 1. The number of carbonyl (C=O) groups is 2. The molecule has 0 aliphatic carbocycles. The van der Waals surface area contributed by atoms with Gasteiger partial charge >= 0.3 is 5.97 Å². The predicted octanol–water partition coefficient (Wildman–Crippen LogP) is 5.05. The molecule has 0 bridgehead atoms. The van der Waals surface area contributed by atoms with Gasteiger partial charge in [0.1, 0.15) is 6.04 Å². The molecule has 3 aromatic rings. The van der Waals surface area contributed by atoms with Crippen molar-refractivity contribution in [2.45, 2.75) is 52.6 Å². The van der Waals surface area contributed by atoms with Crippen LogP contribution < -0.4 is 10.9 Å². The summed E-state index contributed by atoms with van der Waals surface area (Å²) in [4.78, 5) is 37.9. The van der Waals surface area contributed by atoms with Crippen LogP contribution >= 0.6 is 0 Å². The molecule has 3 rings (SSSR count). The van der Waals surface area contributed by atoms with E-state index in [1.165, 1.54) is 4.57 Å². The standard InChI is InChI=1S/C28H32N2O4/c1-18(2)15-25(30-14-8-10-20(4)28(30)34)27(33)29-24(17-26(31)32)22-12-7-11-21(16-22)23-13-6-5-9-19(23)3/h5-14,16,18,24-25H,15,17H2,1-4H3,(H,29,33)(H,31,32)/t24-,25-/m0/s1. The Labute approximate surface area is 200 Å². The second-order valence-corrected chi connectivity index (χ2v) is 9.15. The summed E-state index contributed by atoms with van der Waals surface area (Å²) in [6.45, 7) is 7.71. The molecule has 2 N–H and O–H groups in total. The summed E-state index contributed by atoms with van der Waals surface area (Å²) in [5, 5.41) is 12.5. The number of aliphatic carboxylic acids is 1. The Hall–Kier alpha value is -3.67. The van der Waals surface area contributed by atoms with E-state index in [0.29, 0.717) is 17.5 Å². The molecule has 2 atom stereocenters. The SMILES string of the molecule is Cc1ccccc1-c1cccc([C@H](CC(=O)O)NC(=O)[C@H](CC(C)C)n2cccc(C)c2=O)c1. The van der Waals surface area contributed by atoms with Gasteiger partial charge in [-0.2, -0.15) is 0 Å². The second kappa shape index (κ2) is 11.0. The van der Waals surface area contributed by atoms with Gasteiger partial charge in [0.05, 0.1) is 12.5 Å². The third-order valence-electron chi connectivity index (χ3n) is 5.94. The molecule has 0 spiro atoms. The number of carbonyl (C=O) groups excluding carboxylic acids is 1. The van der Waals surface area contributed by atoms with Crippen molar-refractivity contribution in [3.8, 4) is 11.1 Å². The van der Waals surface area contributed by atoms with Gasteiger partial charge in [0.25, 0.3) is 5.56 Å². The molecule has 0 saturated carbocycles. The summed E-state index contributed by atoms with van der Waals surface area (Å²) in [5.41, 5.74) is 4.14.